The number of nitrogens with zero attached hydrogens (tertiary/aromatic N) is 3. The predicted molar refractivity (Wildman–Crippen MR) is 114 cm³/mol. The highest BCUT2D eigenvalue weighted by molar-refractivity contribution is 7.92. The monoisotopic (exact) mass is 437 g/mol. The molecule has 31 heavy (non-hydrogen) atoms. The predicted octanol–water partition coefficient (Wildman–Crippen LogP) is 1.92. The number of carbonyl (C=O) groups is 1. The van der Waals surface area contributed by atoms with Crippen molar-refractivity contribution in [3.05, 3.63) is 71.8 Å². The summed E-state index contributed by atoms with van der Waals surface area (Å²) in [6.07, 6.45) is 9.48. The van der Waals surface area contributed by atoms with Crippen LogP contribution in [0.15, 0.2) is 59.9 Å². The minimum Gasteiger partial charge on any atom is -0.470 e. The van der Waals surface area contributed by atoms with Crippen LogP contribution in [0.2, 0.25) is 0 Å². The van der Waals surface area contributed by atoms with Gasteiger partial charge in [0.25, 0.3) is 21.8 Å². The van der Waals surface area contributed by atoms with E-state index in [1.165, 1.54) is 12.1 Å². The standard InChI is InChI=1S/C21H19N5O4S/c1-3-10-23-20(27)18-13-24-19(21(25-18)30-14-16-5-4-11-22-12-16)26-31(28,29)17-8-6-15(2)7-9-17/h1,4-9,11-13H,10,14H2,2H3,(H,23,27)(H,24,26). The van der Waals surface area contributed by atoms with Gasteiger partial charge in [-0.3, -0.25) is 14.5 Å². The SMILES string of the molecule is C#CCNC(=O)c1cnc(NS(=O)(=O)c2ccc(C)cc2)c(OCc2cccnc2)n1. The van der Waals surface area contributed by atoms with Crippen molar-refractivity contribution < 1.29 is 17.9 Å². The van der Waals surface area contributed by atoms with Crippen molar-refractivity contribution in [3.63, 3.8) is 0 Å². The quantitative estimate of drug-likeness (QED) is 0.516. The molecule has 10 heteroatoms. The van der Waals surface area contributed by atoms with Gasteiger partial charge in [-0.25, -0.2) is 18.4 Å². The van der Waals surface area contributed by atoms with Gasteiger partial charge >= 0.3 is 0 Å². The molecule has 2 N–H and O–H groups in total. The normalized spacial score (nSPS) is 10.7. The summed E-state index contributed by atoms with van der Waals surface area (Å²) in [4.78, 5) is 24.4. The Morgan fingerprint density at radius 1 is 1.19 bits per heavy atom. The van der Waals surface area contributed by atoms with Crippen molar-refractivity contribution in [1.82, 2.24) is 20.3 Å². The summed E-state index contributed by atoms with van der Waals surface area (Å²) >= 11 is 0. The van der Waals surface area contributed by atoms with E-state index in [-0.39, 0.29) is 35.4 Å². The summed E-state index contributed by atoms with van der Waals surface area (Å²) in [5.74, 6) is 1.41. The number of hydrogen-bond donors (Lipinski definition) is 2. The minimum absolute atomic E-state index is 0.00813. The first-order chi connectivity index (χ1) is 14.9. The molecular formula is C21H19N5O4S. The highest BCUT2D eigenvalue weighted by Gasteiger charge is 2.20. The van der Waals surface area contributed by atoms with E-state index in [0.29, 0.717) is 0 Å². The average molecular weight is 437 g/mol. The van der Waals surface area contributed by atoms with Crippen molar-refractivity contribution in [2.45, 2.75) is 18.4 Å². The summed E-state index contributed by atoms with van der Waals surface area (Å²) < 4.78 is 33.5. The van der Waals surface area contributed by atoms with E-state index >= 15 is 0 Å². The topological polar surface area (TPSA) is 123 Å². The Bertz CT molecular complexity index is 1210. The van der Waals surface area contributed by atoms with E-state index in [9.17, 15) is 13.2 Å². The first-order valence-corrected chi connectivity index (χ1v) is 10.6. The molecule has 1 aromatic carbocycles. The number of amides is 1. The van der Waals surface area contributed by atoms with E-state index in [1.807, 2.05) is 6.92 Å². The molecule has 0 saturated carbocycles. The third-order valence-corrected chi connectivity index (χ3v) is 5.34. The molecule has 0 fully saturated rings. The van der Waals surface area contributed by atoms with Crippen LogP contribution in [0.25, 0.3) is 0 Å². The lowest BCUT2D eigenvalue weighted by molar-refractivity contribution is 0.0952. The first kappa shape index (κ1) is 21.7. The average Bonchev–Trinajstić information content (AvgIpc) is 2.77. The van der Waals surface area contributed by atoms with E-state index in [4.69, 9.17) is 11.2 Å². The molecule has 0 atom stereocenters. The summed E-state index contributed by atoms with van der Waals surface area (Å²) in [5.41, 5.74) is 1.56. The summed E-state index contributed by atoms with van der Waals surface area (Å²) in [6.45, 7) is 1.90. The molecule has 2 heterocycles. The number of hydrogen-bond acceptors (Lipinski definition) is 7. The Hall–Kier alpha value is -3.97. The van der Waals surface area contributed by atoms with Crippen LogP contribution in [0, 0.1) is 19.3 Å². The maximum Gasteiger partial charge on any atom is 0.272 e. The van der Waals surface area contributed by atoms with Crippen molar-refractivity contribution in [3.8, 4) is 18.2 Å². The van der Waals surface area contributed by atoms with Crippen LogP contribution in [0.5, 0.6) is 5.88 Å². The molecular weight excluding hydrogens is 418 g/mol. The second kappa shape index (κ2) is 9.69. The van der Waals surface area contributed by atoms with Crippen LogP contribution in [0.4, 0.5) is 5.82 Å². The number of pyridine rings is 1. The molecule has 0 spiro atoms. The number of benzene rings is 1. The second-order valence-corrected chi connectivity index (χ2v) is 8.05. The van der Waals surface area contributed by atoms with Gasteiger partial charge in [-0.2, -0.15) is 0 Å². The summed E-state index contributed by atoms with van der Waals surface area (Å²) in [5, 5.41) is 2.47. The van der Waals surface area contributed by atoms with Gasteiger partial charge in [0.2, 0.25) is 5.82 Å². The zero-order chi connectivity index (χ0) is 22.3. The van der Waals surface area contributed by atoms with E-state index in [0.717, 1.165) is 17.3 Å². The molecule has 9 nitrogen and oxygen atoms in total. The Kier molecular flexibility index (Phi) is 6.79. The number of ether oxygens (including phenoxy) is 1. The maximum atomic E-state index is 12.8. The molecule has 0 unspecified atom stereocenters. The molecule has 0 aliphatic rings. The van der Waals surface area contributed by atoms with Crippen molar-refractivity contribution in [1.29, 1.82) is 0 Å². The Balaban J connectivity index is 1.90. The maximum absolute atomic E-state index is 12.8. The van der Waals surface area contributed by atoms with E-state index in [1.54, 1.807) is 36.7 Å². The fraction of sp³-hybridized carbons (Fsp3) is 0.143. The highest BCUT2D eigenvalue weighted by Crippen LogP contribution is 2.24. The third kappa shape index (κ3) is 5.77. The van der Waals surface area contributed by atoms with Crippen LogP contribution < -0.4 is 14.8 Å². The zero-order valence-corrected chi connectivity index (χ0v) is 17.4. The van der Waals surface area contributed by atoms with Crippen LogP contribution >= 0.6 is 0 Å². The lowest BCUT2D eigenvalue weighted by Crippen LogP contribution is -2.25. The van der Waals surface area contributed by atoms with Crippen LogP contribution in [0.3, 0.4) is 0 Å². The summed E-state index contributed by atoms with van der Waals surface area (Å²) in [6, 6.07) is 9.82. The van der Waals surface area contributed by atoms with Gasteiger partial charge in [0, 0.05) is 18.0 Å². The fourth-order valence-electron chi connectivity index (χ4n) is 2.41. The highest BCUT2D eigenvalue weighted by atomic mass is 32.2. The van der Waals surface area contributed by atoms with Crippen molar-refractivity contribution in [2.75, 3.05) is 11.3 Å². The van der Waals surface area contributed by atoms with Gasteiger partial charge in [-0.05, 0) is 25.1 Å². The van der Waals surface area contributed by atoms with Gasteiger partial charge in [0.15, 0.2) is 5.69 Å². The molecule has 3 rings (SSSR count). The Labute approximate surface area is 180 Å². The number of aromatic nitrogens is 3. The number of carbonyl (C=O) groups excluding carboxylic acids is 1. The third-order valence-electron chi connectivity index (χ3n) is 3.98. The van der Waals surface area contributed by atoms with E-state index in [2.05, 4.69) is 30.9 Å². The molecule has 0 aliphatic heterocycles. The van der Waals surface area contributed by atoms with Gasteiger partial charge in [0.1, 0.15) is 6.61 Å². The molecule has 0 aliphatic carbocycles. The number of aryl methyl sites for hydroxylation is 1. The second-order valence-electron chi connectivity index (χ2n) is 6.36. The molecule has 158 valence electrons. The van der Waals surface area contributed by atoms with Crippen molar-refractivity contribution >= 4 is 21.7 Å². The van der Waals surface area contributed by atoms with Crippen LogP contribution in [0.1, 0.15) is 21.6 Å². The van der Waals surface area contributed by atoms with Gasteiger partial charge in [0.05, 0.1) is 17.6 Å². The Morgan fingerprint density at radius 2 is 1.97 bits per heavy atom. The lowest BCUT2D eigenvalue weighted by atomic mass is 10.2. The molecule has 1 amide bonds. The lowest BCUT2D eigenvalue weighted by Gasteiger charge is -2.13. The van der Waals surface area contributed by atoms with Crippen LogP contribution in [-0.2, 0) is 16.6 Å². The minimum atomic E-state index is -3.95. The number of nitrogens with one attached hydrogen (secondary N) is 2. The van der Waals surface area contributed by atoms with Gasteiger partial charge in [-0.15, -0.1) is 6.42 Å². The number of sulfonamides is 1. The number of anilines is 1. The molecule has 0 radical (unpaired) electrons. The largest absolute Gasteiger partial charge is 0.470 e. The van der Waals surface area contributed by atoms with Crippen molar-refractivity contribution in [2.24, 2.45) is 0 Å². The zero-order valence-electron chi connectivity index (χ0n) is 16.6. The number of rotatable bonds is 8. The first-order valence-electron chi connectivity index (χ1n) is 9.09. The van der Waals surface area contributed by atoms with Crippen LogP contribution in [-0.4, -0.2) is 35.8 Å². The van der Waals surface area contributed by atoms with Gasteiger partial charge in [-0.1, -0.05) is 29.7 Å². The van der Waals surface area contributed by atoms with E-state index < -0.39 is 15.9 Å². The van der Waals surface area contributed by atoms with Gasteiger partial charge < -0.3 is 10.1 Å². The smallest absolute Gasteiger partial charge is 0.272 e. The Morgan fingerprint density at radius 3 is 2.65 bits per heavy atom. The molecule has 0 bridgehead atoms. The molecule has 2 aromatic heterocycles. The molecule has 0 saturated heterocycles. The fourth-order valence-corrected chi connectivity index (χ4v) is 3.42. The number of terminal acetylenes is 1. The summed E-state index contributed by atoms with van der Waals surface area (Å²) in [7, 11) is -3.95. The molecule has 3 aromatic rings.